The van der Waals surface area contributed by atoms with Crippen LogP contribution in [0.25, 0.3) is 0 Å². The first-order valence-electron chi connectivity index (χ1n) is 4.37. The lowest BCUT2D eigenvalue weighted by atomic mass is 10.0. The topological polar surface area (TPSA) is 85.5 Å². The van der Waals surface area contributed by atoms with Crippen molar-refractivity contribution in [2.24, 2.45) is 0 Å². The molecule has 6 nitrogen and oxygen atoms in total. The number of carboxylic acids is 1. The molecule has 1 fully saturated rings. The van der Waals surface area contributed by atoms with Gasteiger partial charge in [0.15, 0.2) is 0 Å². The third-order valence-electron chi connectivity index (χ3n) is 2.32. The van der Waals surface area contributed by atoms with Gasteiger partial charge in [-0.1, -0.05) is 0 Å². The molecule has 76 valence electrons. The van der Waals surface area contributed by atoms with Crippen LogP contribution >= 0.6 is 0 Å². The highest BCUT2D eigenvalue weighted by Gasteiger charge is 2.31. The van der Waals surface area contributed by atoms with E-state index in [-0.39, 0.29) is 17.9 Å². The van der Waals surface area contributed by atoms with Gasteiger partial charge in [-0.2, -0.15) is 0 Å². The molecule has 0 aliphatic carbocycles. The van der Waals surface area contributed by atoms with Crippen LogP contribution in [-0.4, -0.2) is 34.0 Å². The standard InChI is InChI=1S/C8H10N2O4/c1-4-5(2-3-13-4)6-9-10-7(14-6)8(11)12/h4-5H,2-3H2,1H3,(H,11,12). The Morgan fingerprint density at radius 1 is 1.57 bits per heavy atom. The summed E-state index contributed by atoms with van der Waals surface area (Å²) < 4.78 is 10.3. The first-order chi connectivity index (χ1) is 6.68. The van der Waals surface area contributed by atoms with Gasteiger partial charge in [0.25, 0.3) is 0 Å². The molecule has 2 atom stereocenters. The van der Waals surface area contributed by atoms with Gasteiger partial charge in [-0.15, -0.1) is 10.2 Å². The Labute approximate surface area is 79.9 Å². The molecule has 2 rings (SSSR count). The van der Waals surface area contributed by atoms with E-state index in [4.69, 9.17) is 14.3 Å². The van der Waals surface area contributed by atoms with E-state index in [2.05, 4.69) is 10.2 Å². The number of carbonyl (C=O) groups is 1. The lowest BCUT2D eigenvalue weighted by Gasteiger charge is -2.07. The van der Waals surface area contributed by atoms with Gasteiger partial charge >= 0.3 is 11.9 Å². The molecule has 0 spiro atoms. The second-order valence-electron chi connectivity index (χ2n) is 3.22. The van der Waals surface area contributed by atoms with Crippen molar-refractivity contribution < 1.29 is 19.1 Å². The molecule has 0 amide bonds. The number of nitrogens with zero attached hydrogens (tertiary/aromatic N) is 2. The minimum atomic E-state index is -1.20. The average Bonchev–Trinajstić information content (AvgIpc) is 2.71. The Morgan fingerprint density at radius 3 is 2.86 bits per heavy atom. The van der Waals surface area contributed by atoms with Gasteiger partial charge in [0, 0.05) is 6.61 Å². The first kappa shape index (κ1) is 9.14. The normalized spacial score (nSPS) is 26.6. The minimum absolute atomic E-state index is 0.0112. The van der Waals surface area contributed by atoms with Crippen molar-refractivity contribution in [2.45, 2.75) is 25.4 Å². The van der Waals surface area contributed by atoms with E-state index in [0.717, 1.165) is 6.42 Å². The van der Waals surface area contributed by atoms with Gasteiger partial charge in [0.05, 0.1) is 12.0 Å². The fourth-order valence-electron chi connectivity index (χ4n) is 1.53. The monoisotopic (exact) mass is 198 g/mol. The van der Waals surface area contributed by atoms with Crippen LogP contribution in [0, 0.1) is 0 Å². The van der Waals surface area contributed by atoms with Gasteiger partial charge in [-0.3, -0.25) is 0 Å². The molecular weight excluding hydrogens is 188 g/mol. The van der Waals surface area contributed by atoms with Crippen LogP contribution in [-0.2, 0) is 4.74 Å². The van der Waals surface area contributed by atoms with Crippen LogP contribution in [0.2, 0.25) is 0 Å². The summed E-state index contributed by atoms with van der Waals surface area (Å²) in [5.74, 6) is -1.18. The molecule has 2 unspecified atom stereocenters. The Morgan fingerprint density at radius 2 is 2.36 bits per heavy atom. The Kier molecular flexibility index (Phi) is 2.20. The van der Waals surface area contributed by atoms with E-state index < -0.39 is 5.97 Å². The van der Waals surface area contributed by atoms with Gasteiger partial charge in [-0.25, -0.2) is 4.79 Å². The van der Waals surface area contributed by atoms with Crippen LogP contribution < -0.4 is 0 Å². The van der Waals surface area contributed by atoms with Crippen LogP contribution in [0.15, 0.2) is 4.42 Å². The zero-order valence-corrected chi connectivity index (χ0v) is 7.64. The van der Waals surface area contributed by atoms with Crippen LogP contribution in [0.5, 0.6) is 0 Å². The lowest BCUT2D eigenvalue weighted by Crippen LogP contribution is -2.09. The summed E-state index contributed by atoms with van der Waals surface area (Å²) >= 11 is 0. The molecular formula is C8H10N2O4. The van der Waals surface area contributed by atoms with Gasteiger partial charge in [0.2, 0.25) is 5.89 Å². The van der Waals surface area contributed by atoms with Gasteiger partial charge < -0.3 is 14.3 Å². The number of ether oxygens (including phenoxy) is 1. The quantitative estimate of drug-likeness (QED) is 0.751. The van der Waals surface area contributed by atoms with Crippen molar-refractivity contribution in [3.05, 3.63) is 11.8 Å². The summed E-state index contributed by atoms with van der Waals surface area (Å²) in [6.45, 7) is 2.55. The van der Waals surface area contributed by atoms with Crippen LogP contribution in [0.3, 0.4) is 0 Å². The van der Waals surface area contributed by atoms with Crippen LogP contribution in [0.4, 0.5) is 0 Å². The number of aromatic carboxylic acids is 1. The predicted octanol–water partition coefficient (Wildman–Crippen LogP) is 0.660. The third kappa shape index (κ3) is 1.48. The van der Waals surface area contributed by atoms with E-state index in [1.54, 1.807) is 0 Å². The van der Waals surface area contributed by atoms with Gasteiger partial charge in [-0.05, 0) is 13.3 Å². The number of aromatic nitrogens is 2. The number of hydrogen-bond acceptors (Lipinski definition) is 5. The largest absolute Gasteiger partial charge is 0.474 e. The Hall–Kier alpha value is -1.43. The summed E-state index contributed by atoms with van der Waals surface area (Å²) in [4.78, 5) is 10.5. The zero-order chi connectivity index (χ0) is 10.1. The van der Waals surface area contributed by atoms with Crippen LogP contribution in [0.1, 0.15) is 35.8 Å². The summed E-state index contributed by atoms with van der Waals surface area (Å²) in [5, 5.41) is 15.7. The van der Waals surface area contributed by atoms with Crippen molar-refractivity contribution in [3.8, 4) is 0 Å². The minimum Gasteiger partial charge on any atom is -0.474 e. The van der Waals surface area contributed by atoms with Crippen molar-refractivity contribution in [1.29, 1.82) is 0 Å². The van der Waals surface area contributed by atoms with E-state index in [0.29, 0.717) is 12.5 Å². The highest BCUT2D eigenvalue weighted by Crippen LogP contribution is 2.29. The second-order valence-corrected chi connectivity index (χ2v) is 3.22. The smallest absolute Gasteiger partial charge is 0.393 e. The number of rotatable bonds is 2. The first-order valence-corrected chi connectivity index (χ1v) is 4.37. The summed E-state index contributed by atoms with van der Waals surface area (Å²) in [6, 6.07) is 0. The third-order valence-corrected chi connectivity index (χ3v) is 2.32. The molecule has 1 aromatic heterocycles. The molecule has 1 aliphatic heterocycles. The molecule has 1 aliphatic rings. The van der Waals surface area contributed by atoms with E-state index in [1.807, 2.05) is 6.92 Å². The number of hydrogen-bond donors (Lipinski definition) is 1. The maximum absolute atomic E-state index is 10.5. The van der Waals surface area contributed by atoms with E-state index in [1.165, 1.54) is 0 Å². The molecule has 0 saturated carbocycles. The molecule has 6 heteroatoms. The molecule has 1 aromatic rings. The Bertz CT molecular complexity index is 349. The van der Waals surface area contributed by atoms with Crippen molar-refractivity contribution in [1.82, 2.24) is 10.2 Å². The van der Waals surface area contributed by atoms with Gasteiger partial charge in [0.1, 0.15) is 0 Å². The Balaban J connectivity index is 2.20. The van der Waals surface area contributed by atoms with E-state index >= 15 is 0 Å². The second kappa shape index (κ2) is 3.38. The molecule has 2 heterocycles. The van der Waals surface area contributed by atoms with Crippen molar-refractivity contribution in [3.63, 3.8) is 0 Å². The fourth-order valence-corrected chi connectivity index (χ4v) is 1.53. The lowest BCUT2D eigenvalue weighted by molar-refractivity contribution is 0.0648. The summed E-state index contributed by atoms with van der Waals surface area (Å²) in [6.07, 6.45) is 0.805. The zero-order valence-electron chi connectivity index (χ0n) is 7.64. The van der Waals surface area contributed by atoms with E-state index in [9.17, 15) is 4.79 Å². The maximum atomic E-state index is 10.5. The molecule has 1 N–H and O–H groups in total. The highest BCUT2D eigenvalue weighted by atomic mass is 16.5. The predicted molar refractivity (Wildman–Crippen MR) is 44.0 cm³/mol. The number of carboxylic acid groups (broad SMARTS) is 1. The van der Waals surface area contributed by atoms with Crippen molar-refractivity contribution >= 4 is 5.97 Å². The van der Waals surface area contributed by atoms with Crippen molar-refractivity contribution in [2.75, 3.05) is 6.61 Å². The average molecular weight is 198 g/mol. The summed E-state index contributed by atoms with van der Waals surface area (Å²) in [7, 11) is 0. The molecule has 14 heavy (non-hydrogen) atoms. The molecule has 1 saturated heterocycles. The fraction of sp³-hybridized carbons (Fsp3) is 0.625. The summed E-state index contributed by atoms with van der Waals surface area (Å²) in [5.41, 5.74) is 0. The molecule has 0 radical (unpaired) electrons. The SMILES string of the molecule is CC1OCCC1c1nnc(C(=O)O)o1. The highest BCUT2D eigenvalue weighted by molar-refractivity contribution is 5.81. The molecule has 0 bridgehead atoms. The maximum Gasteiger partial charge on any atom is 0.393 e. The molecule has 0 aromatic carbocycles.